The van der Waals surface area contributed by atoms with Gasteiger partial charge in [0.2, 0.25) is 5.89 Å². The Morgan fingerprint density at radius 1 is 1.21 bits per heavy atom. The Kier molecular flexibility index (Phi) is 7.12. The molecule has 1 amide bonds. The van der Waals surface area contributed by atoms with Gasteiger partial charge in [0, 0.05) is 23.7 Å². The van der Waals surface area contributed by atoms with Crippen LogP contribution < -0.4 is 20.5 Å². The van der Waals surface area contributed by atoms with Crippen molar-refractivity contribution in [2.45, 2.75) is 51.3 Å². The van der Waals surface area contributed by atoms with Gasteiger partial charge in [0.05, 0.1) is 19.3 Å². The predicted molar refractivity (Wildman–Crippen MR) is 122 cm³/mol. The maximum absolute atomic E-state index is 13.9. The van der Waals surface area contributed by atoms with Gasteiger partial charge in [-0.15, -0.1) is 0 Å². The van der Waals surface area contributed by atoms with E-state index in [1.165, 1.54) is 6.07 Å². The molecule has 0 bridgehead atoms. The molecule has 0 unspecified atom stereocenters. The Hall–Kier alpha value is -3.46. The summed E-state index contributed by atoms with van der Waals surface area (Å²) in [7, 11) is 1.57. The molecule has 180 valence electrons. The number of oxazole rings is 1. The number of nitrogens with zero attached hydrogens (tertiary/aromatic N) is 1. The standard InChI is InChI=1S/C25H27F2N3O4/c1-14(28)23-22(24(31)29-13-16-7-9-17(26)12-19(16)27)30-25(34-23)15-8-10-20(32-2)21(11-15)33-18-5-3-4-6-18/h7-12,14,18H,3-6,13,28H2,1-2H3,(H,29,31)/t14-/m0/s1. The van der Waals surface area contributed by atoms with E-state index in [0.29, 0.717) is 17.1 Å². The molecule has 2 aromatic carbocycles. The second-order valence-corrected chi connectivity index (χ2v) is 8.33. The van der Waals surface area contributed by atoms with E-state index in [2.05, 4.69) is 10.3 Å². The SMILES string of the molecule is COc1ccc(-c2nc(C(=O)NCc3ccc(F)cc3F)c([C@H](C)N)o2)cc1OC1CCCC1. The fourth-order valence-electron chi connectivity index (χ4n) is 3.94. The van der Waals surface area contributed by atoms with Gasteiger partial charge in [-0.25, -0.2) is 13.8 Å². The van der Waals surface area contributed by atoms with Crippen LogP contribution in [0.5, 0.6) is 11.5 Å². The lowest BCUT2D eigenvalue weighted by Crippen LogP contribution is -2.25. The van der Waals surface area contributed by atoms with Crippen LogP contribution in [0.1, 0.15) is 60.5 Å². The molecule has 0 saturated heterocycles. The molecule has 1 aliphatic rings. The van der Waals surface area contributed by atoms with Crippen molar-refractivity contribution in [2.24, 2.45) is 5.73 Å². The van der Waals surface area contributed by atoms with Gasteiger partial charge >= 0.3 is 0 Å². The number of carbonyl (C=O) groups is 1. The molecule has 1 atom stereocenters. The van der Waals surface area contributed by atoms with Crippen LogP contribution in [0.2, 0.25) is 0 Å². The number of hydrogen-bond donors (Lipinski definition) is 2. The van der Waals surface area contributed by atoms with E-state index in [1.54, 1.807) is 32.2 Å². The van der Waals surface area contributed by atoms with Gasteiger partial charge in [-0.05, 0) is 56.9 Å². The summed E-state index contributed by atoms with van der Waals surface area (Å²) >= 11 is 0. The van der Waals surface area contributed by atoms with Crippen LogP contribution in [0.25, 0.3) is 11.5 Å². The van der Waals surface area contributed by atoms with E-state index in [9.17, 15) is 13.6 Å². The number of benzene rings is 2. The van der Waals surface area contributed by atoms with Crippen LogP contribution in [0.4, 0.5) is 8.78 Å². The van der Waals surface area contributed by atoms with Crippen LogP contribution in [0.3, 0.4) is 0 Å². The lowest BCUT2D eigenvalue weighted by Gasteiger charge is -2.16. The Labute approximate surface area is 196 Å². The molecule has 1 heterocycles. The summed E-state index contributed by atoms with van der Waals surface area (Å²) in [4.78, 5) is 17.2. The quantitative estimate of drug-likeness (QED) is 0.485. The number of halogens is 2. The molecule has 1 fully saturated rings. The summed E-state index contributed by atoms with van der Waals surface area (Å²) in [5.74, 6) is -0.461. The van der Waals surface area contributed by atoms with Crippen molar-refractivity contribution < 1.29 is 27.5 Å². The van der Waals surface area contributed by atoms with Gasteiger partial charge in [0.1, 0.15) is 11.6 Å². The fourth-order valence-corrected chi connectivity index (χ4v) is 3.94. The zero-order valence-electron chi connectivity index (χ0n) is 19.1. The monoisotopic (exact) mass is 471 g/mol. The number of amides is 1. The summed E-state index contributed by atoms with van der Waals surface area (Å²) in [6.07, 6.45) is 4.36. The normalized spacial score (nSPS) is 14.7. The maximum atomic E-state index is 13.9. The average Bonchev–Trinajstić information content (AvgIpc) is 3.48. The number of nitrogens with one attached hydrogen (secondary N) is 1. The van der Waals surface area contributed by atoms with Crippen molar-refractivity contribution in [2.75, 3.05) is 7.11 Å². The molecule has 34 heavy (non-hydrogen) atoms. The summed E-state index contributed by atoms with van der Waals surface area (Å²) in [5.41, 5.74) is 6.76. The molecule has 3 N–H and O–H groups in total. The first-order valence-corrected chi connectivity index (χ1v) is 11.2. The van der Waals surface area contributed by atoms with Gasteiger partial charge in [-0.2, -0.15) is 0 Å². The third kappa shape index (κ3) is 5.20. The predicted octanol–water partition coefficient (Wildman–Crippen LogP) is 4.90. The van der Waals surface area contributed by atoms with Crippen molar-refractivity contribution in [1.82, 2.24) is 10.3 Å². The lowest BCUT2D eigenvalue weighted by molar-refractivity contribution is 0.0943. The largest absolute Gasteiger partial charge is 0.493 e. The Balaban J connectivity index is 1.58. The van der Waals surface area contributed by atoms with E-state index in [-0.39, 0.29) is 35.6 Å². The molecular formula is C25H27F2N3O4. The van der Waals surface area contributed by atoms with E-state index in [1.807, 2.05) is 0 Å². The first kappa shape index (κ1) is 23.7. The minimum Gasteiger partial charge on any atom is -0.493 e. The highest BCUT2D eigenvalue weighted by atomic mass is 19.1. The van der Waals surface area contributed by atoms with Crippen LogP contribution in [-0.4, -0.2) is 24.1 Å². The molecule has 9 heteroatoms. The number of ether oxygens (including phenoxy) is 2. The van der Waals surface area contributed by atoms with E-state index < -0.39 is 23.6 Å². The van der Waals surface area contributed by atoms with E-state index in [0.717, 1.165) is 37.8 Å². The number of aromatic nitrogens is 1. The zero-order chi connectivity index (χ0) is 24.2. The first-order valence-electron chi connectivity index (χ1n) is 11.2. The molecular weight excluding hydrogens is 444 g/mol. The van der Waals surface area contributed by atoms with Crippen LogP contribution >= 0.6 is 0 Å². The second kappa shape index (κ2) is 10.2. The van der Waals surface area contributed by atoms with Crippen molar-refractivity contribution in [3.05, 3.63) is 65.1 Å². The fraction of sp³-hybridized carbons (Fsp3) is 0.360. The topological polar surface area (TPSA) is 99.6 Å². The third-order valence-electron chi connectivity index (χ3n) is 5.74. The highest BCUT2D eigenvalue weighted by Crippen LogP contribution is 2.36. The van der Waals surface area contributed by atoms with Gasteiger partial charge < -0.3 is 24.9 Å². The lowest BCUT2D eigenvalue weighted by atomic mass is 10.2. The van der Waals surface area contributed by atoms with Crippen LogP contribution in [0, 0.1) is 11.6 Å². The van der Waals surface area contributed by atoms with Gasteiger partial charge in [-0.1, -0.05) is 6.07 Å². The summed E-state index contributed by atoms with van der Waals surface area (Å²) in [6, 6.07) is 7.83. The molecule has 1 aromatic heterocycles. The second-order valence-electron chi connectivity index (χ2n) is 8.33. The summed E-state index contributed by atoms with van der Waals surface area (Å²) < 4.78 is 44.5. The van der Waals surface area contributed by atoms with Crippen molar-refractivity contribution in [1.29, 1.82) is 0 Å². The molecule has 4 rings (SSSR count). The third-order valence-corrected chi connectivity index (χ3v) is 5.74. The maximum Gasteiger partial charge on any atom is 0.273 e. The van der Waals surface area contributed by atoms with Gasteiger partial charge in [0.25, 0.3) is 5.91 Å². The van der Waals surface area contributed by atoms with Crippen LogP contribution in [-0.2, 0) is 6.54 Å². The molecule has 1 saturated carbocycles. The Bertz CT molecular complexity index is 1170. The molecule has 0 radical (unpaired) electrons. The number of rotatable bonds is 8. The number of carbonyl (C=O) groups excluding carboxylic acids is 1. The number of hydrogen-bond acceptors (Lipinski definition) is 6. The summed E-state index contributed by atoms with van der Waals surface area (Å²) in [5, 5.41) is 2.59. The number of nitrogens with two attached hydrogens (primary N) is 1. The van der Waals surface area contributed by atoms with Crippen molar-refractivity contribution in [3.8, 4) is 23.0 Å². The average molecular weight is 472 g/mol. The molecule has 1 aliphatic carbocycles. The van der Waals surface area contributed by atoms with Gasteiger partial charge in [-0.3, -0.25) is 4.79 Å². The highest BCUT2D eigenvalue weighted by Gasteiger charge is 2.25. The molecule has 7 nitrogen and oxygen atoms in total. The number of methoxy groups -OCH3 is 1. The Morgan fingerprint density at radius 2 is 1.97 bits per heavy atom. The minimum absolute atomic E-state index is 0.00148. The Morgan fingerprint density at radius 3 is 2.65 bits per heavy atom. The molecule has 0 spiro atoms. The molecule has 3 aromatic rings. The first-order chi connectivity index (χ1) is 16.4. The summed E-state index contributed by atoms with van der Waals surface area (Å²) in [6.45, 7) is 1.52. The zero-order valence-corrected chi connectivity index (χ0v) is 19.1. The van der Waals surface area contributed by atoms with Crippen LogP contribution in [0.15, 0.2) is 40.8 Å². The molecule has 0 aliphatic heterocycles. The van der Waals surface area contributed by atoms with E-state index >= 15 is 0 Å². The van der Waals surface area contributed by atoms with Crippen molar-refractivity contribution >= 4 is 5.91 Å². The highest BCUT2D eigenvalue weighted by molar-refractivity contribution is 5.94. The van der Waals surface area contributed by atoms with Crippen molar-refractivity contribution in [3.63, 3.8) is 0 Å². The smallest absolute Gasteiger partial charge is 0.273 e. The van der Waals surface area contributed by atoms with Gasteiger partial charge in [0.15, 0.2) is 23.0 Å². The van der Waals surface area contributed by atoms with E-state index in [4.69, 9.17) is 19.6 Å². The minimum atomic E-state index is -0.749.